The molecule has 1 aliphatic heterocycles. The van der Waals surface area contributed by atoms with E-state index in [0.717, 1.165) is 18.0 Å². The van der Waals surface area contributed by atoms with Gasteiger partial charge in [-0.15, -0.1) is 0 Å². The highest BCUT2D eigenvalue weighted by Gasteiger charge is 2.33. The molecule has 1 amide bonds. The van der Waals surface area contributed by atoms with Gasteiger partial charge in [0.05, 0.1) is 6.54 Å². The average molecular weight is 290 g/mol. The maximum absolute atomic E-state index is 13.4. The van der Waals surface area contributed by atoms with Gasteiger partial charge in [-0.2, -0.15) is 0 Å². The second kappa shape index (κ2) is 6.14. The van der Waals surface area contributed by atoms with Gasteiger partial charge in [-0.05, 0) is 42.4 Å². The molecule has 114 valence electrons. The molecule has 21 heavy (non-hydrogen) atoms. The van der Waals surface area contributed by atoms with Crippen LogP contribution in [0.1, 0.15) is 44.3 Å². The molecule has 1 saturated carbocycles. The second-order valence-electron chi connectivity index (χ2n) is 6.51. The van der Waals surface area contributed by atoms with Crippen LogP contribution in [0, 0.1) is 17.7 Å². The minimum atomic E-state index is -0.250. The molecule has 2 fully saturated rings. The Morgan fingerprint density at radius 3 is 2.76 bits per heavy atom. The molecule has 1 heterocycles. The normalized spacial score (nSPS) is 29.9. The Morgan fingerprint density at radius 2 is 2.05 bits per heavy atom. The number of carbonyl (C=O) groups excluding carboxylic acids is 1. The van der Waals surface area contributed by atoms with Gasteiger partial charge < -0.3 is 4.90 Å². The van der Waals surface area contributed by atoms with E-state index in [1.54, 1.807) is 6.07 Å². The molecule has 1 unspecified atom stereocenters. The first-order valence-corrected chi connectivity index (χ1v) is 7.92. The van der Waals surface area contributed by atoms with E-state index >= 15 is 0 Å². The number of nitrogens with one attached hydrogen (secondary N) is 1. The molecular formula is C17H23FN2O. The summed E-state index contributed by atoms with van der Waals surface area (Å²) >= 11 is 0. The van der Waals surface area contributed by atoms with Crippen LogP contribution in [-0.4, -0.2) is 23.9 Å². The van der Waals surface area contributed by atoms with Crippen molar-refractivity contribution in [1.29, 1.82) is 0 Å². The van der Waals surface area contributed by atoms with Crippen molar-refractivity contribution in [1.82, 2.24) is 10.2 Å². The highest BCUT2D eigenvalue weighted by molar-refractivity contribution is 5.81. The van der Waals surface area contributed by atoms with Gasteiger partial charge in [0.2, 0.25) is 5.91 Å². The van der Waals surface area contributed by atoms with Crippen LogP contribution in [0.2, 0.25) is 0 Å². The number of benzene rings is 1. The smallest absolute Gasteiger partial charge is 0.238 e. The summed E-state index contributed by atoms with van der Waals surface area (Å²) < 4.78 is 13.4. The van der Waals surface area contributed by atoms with Gasteiger partial charge in [0.15, 0.2) is 0 Å². The molecule has 1 N–H and O–H groups in total. The first kappa shape index (κ1) is 14.5. The highest BCUT2D eigenvalue weighted by atomic mass is 19.1. The molecular weight excluding hydrogens is 267 g/mol. The molecule has 2 aliphatic rings. The Bertz CT molecular complexity index is 511. The zero-order chi connectivity index (χ0) is 14.8. The highest BCUT2D eigenvalue weighted by Crippen LogP contribution is 2.32. The van der Waals surface area contributed by atoms with Gasteiger partial charge >= 0.3 is 0 Å². The van der Waals surface area contributed by atoms with Crippen molar-refractivity contribution in [2.45, 2.75) is 38.8 Å². The zero-order valence-electron chi connectivity index (χ0n) is 12.5. The summed E-state index contributed by atoms with van der Waals surface area (Å²) in [7, 11) is 0. The predicted molar refractivity (Wildman–Crippen MR) is 80.0 cm³/mol. The topological polar surface area (TPSA) is 32.3 Å². The molecule has 3 nitrogen and oxygen atoms in total. The molecule has 0 radical (unpaired) electrons. The van der Waals surface area contributed by atoms with E-state index in [2.05, 4.69) is 12.2 Å². The van der Waals surface area contributed by atoms with E-state index in [0.29, 0.717) is 12.5 Å². The molecule has 1 aromatic rings. The van der Waals surface area contributed by atoms with Crippen LogP contribution >= 0.6 is 0 Å². The van der Waals surface area contributed by atoms with Gasteiger partial charge in [-0.1, -0.05) is 31.9 Å². The molecule has 1 aromatic carbocycles. The molecule has 4 heteroatoms. The van der Waals surface area contributed by atoms with Crippen molar-refractivity contribution in [3.05, 3.63) is 35.6 Å². The Labute approximate surface area is 125 Å². The van der Waals surface area contributed by atoms with Gasteiger partial charge in [-0.25, -0.2) is 4.39 Å². The Hall–Kier alpha value is -1.42. The van der Waals surface area contributed by atoms with Crippen LogP contribution in [0.25, 0.3) is 0 Å². The van der Waals surface area contributed by atoms with Gasteiger partial charge in [0, 0.05) is 6.54 Å². The van der Waals surface area contributed by atoms with Crippen LogP contribution < -0.4 is 5.32 Å². The van der Waals surface area contributed by atoms with Crippen LogP contribution in [0.5, 0.6) is 0 Å². The fourth-order valence-electron chi connectivity index (χ4n) is 3.51. The number of carbonyl (C=O) groups is 1. The van der Waals surface area contributed by atoms with Crippen LogP contribution in [0.3, 0.4) is 0 Å². The summed E-state index contributed by atoms with van der Waals surface area (Å²) in [6.07, 6.45) is 4.73. The van der Waals surface area contributed by atoms with Crippen LogP contribution in [-0.2, 0) is 4.79 Å². The fraction of sp³-hybridized carbons (Fsp3) is 0.588. The summed E-state index contributed by atoms with van der Waals surface area (Å²) in [5.74, 6) is 1.27. The number of amides is 1. The summed E-state index contributed by atoms with van der Waals surface area (Å²) in [6.45, 7) is 3.44. The molecule has 1 aliphatic carbocycles. The molecule has 1 atom stereocenters. The fourth-order valence-corrected chi connectivity index (χ4v) is 3.51. The zero-order valence-corrected chi connectivity index (χ0v) is 12.5. The van der Waals surface area contributed by atoms with E-state index < -0.39 is 0 Å². The Balaban J connectivity index is 1.71. The number of rotatable bonds is 3. The quantitative estimate of drug-likeness (QED) is 0.928. The van der Waals surface area contributed by atoms with Crippen LogP contribution in [0.15, 0.2) is 24.3 Å². The van der Waals surface area contributed by atoms with Gasteiger partial charge in [0.1, 0.15) is 12.0 Å². The average Bonchev–Trinajstić information content (AvgIpc) is 2.83. The molecule has 1 saturated heterocycles. The number of hydrogen-bond donors (Lipinski definition) is 1. The summed E-state index contributed by atoms with van der Waals surface area (Å²) in [5, 5.41) is 3.21. The Morgan fingerprint density at radius 1 is 1.29 bits per heavy atom. The lowest BCUT2D eigenvalue weighted by Crippen LogP contribution is -2.35. The summed E-state index contributed by atoms with van der Waals surface area (Å²) in [5.41, 5.74) is 0.838. The van der Waals surface area contributed by atoms with E-state index in [4.69, 9.17) is 0 Å². The number of nitrogens with zero attached hydrogens (tertiary/aromatic N) is 1. The SMILES string of the molecule is CC1CCC(CN2C(=O)CNC2c2cccc(F)c2)CC1. The molecule has 3 rings (SSSR count). The maximum atomic E-state index is 13.4. The number of halogens is 1. The van der Waals surface area contributed by atoms with E-state index in [9.17, 15) is 9.18 Å². The number of hydrogen-bond acceptors (Lipinski definition) is 2. The van der Waals surface area contributed by atoms with Crippen molar-refractivity contribution in [2.24, 2.45) is 11.8 Å². The predicted octanol–water partition coefficient (Wildman–Crippen LogP) is 3.08. The lowest BCUT2D eigenvalue weighted by molar-refractivity contribution is -0.128. The molecule has 0 bridgehead atoms. The van der Waals surface area contributed by atoms with Crippen molar-refractivity contribution < 1.29 is 9.18 Å². The second-order valence-corrected chi connectivity index (χ2v) is 6.51. The third-order valence-electron chi connectivity index (χ3n) is 4.83. The third kappa shape index (κ3) is 3.26. The summed E-state index contributed by atoms with van der Waals surface area (Å²) in [4.78, 5) is 14.0. The van der Waals surface area contributed by atoms with Crippen LogP contribution in [0.4, 0.5) is 4.39 Å². The third-order valence-corrected chi connectivity index (χ3v) is 4.83. The minimum absolute atomic E-state index is 0.128. The molecule has 0 aromatic heterocycles. The largest absolute Gasteiger partial charge is 0.322 e. The lowest BCUT2D eigenvalue weighted by atomic mass is 9.82. The maximum Gasteiger partial charge on any atom is 0.238 e. The van der Waals surface area contributed by atoms with Crippen molar-refractivity contribution in [2.75, 3.05) is 13.1 Å². The monoisotopic (exact) mass is 290 g/mol. The van der Waals surface area contributed by atoms with Crippen molar-refractivity contribution in [3.63, 3.8) is 0 Å². The van der Waals surface area contributed by atoms with Gasteiger partial charge in [0.25, 0.3) is 0 Å². The summed E-state index contributed by atoms with van der Waals surface area (Å²) in [6, 6.07) is 6.55. The van der Waals surface area contributed by atoms with Crippen molar-refractivity contribution in [3.8, 4) is 0 Å². The minimum Gasteiger partial charge on any atom is -0.322 e. The molecule has 0 spiro atoms. The van der Waals surface area contributed by atoms with E-state index in [1.807, 2.05) is 11.0 Å². The first-order valence-electron chi connectivity index (χ1n) is 7.92. The first-order chi connectivity index (χ1) is 10.1. The van der Waals surface area contributed by atoms with E-state index in [1.165, 1.54) is 37.8 Å². The van der Waals surface area contributed by atoms with Crippen molar-refractivity contribution >= 4 is 5.91 Å². The standard InChI is InChI=1S/C17H23FN2O/c1-12-5-7-13(8-6-12)11-20-16(21)10-19-17(20)14-3-2-4-15(18)9-14/h2-4,9,12-13,17,19H,5-8,10-11H2,1H3. The Kier molecular flexibility index (Phi) is 4.24. The van der Waals surface area contributed by atoms with Gasteiger partial charge in [-0.3, -0.25) is 10.1 Å². The lowest BCUT2D eigenvalue weighted by Gasteiger charge is -2.32. The van der Waals surface area contributed by atoms with E-state index in [-0.39, 0.29) is 17.9 Å².